The number of hydrogen-bond acceptors (Lipinski definition) is 2. The Morgan fingerprint density at radius 3 is 2.42 bits per heavy atom. The van der Waals surface area contributed by atoms with Crippen LogP contribution in [-0.4, -0.2) is 36.0 Å². The van der Waals surface area contributed by atoms with E-state index in [1.807, 2.05) is 30.3 Å². The molecule has 0 bridgehead atoms. The summed E-state index contributed by atoms with van der Waals surface area (Å²) in [5.74, 6) is 6.79. The molecule has 2 rings (SSSR count). The van der Waals surface area contributed by atoms with Gasteiger partial charge in [-0.05, 0) is 44.1 Å². The van der Waals surface area contributed by atoms with Gasteiger partial charge in [-0.2, -0.15) is 0 Å². The summed E-state index contributed by atoms with van der Waals surface area (Å²) in [6.45, 7) is 5.91. The lowest BCUT2D eigenvalue weighted by Gasteiger charge is -2.33. The van der Waals surface area contributed by atoms with Crippen molar-refractivity contribution in [1.82, 2.24) is 0 Å². The van der Waals surface area contributed by atoms with E-state index in [1.54, 1.807) is 0 Å². The van der Waals surface area contributed by atoms with Crippen LogP contribution in [0.4, 0.5) is 0 Å². The van der Waals surface area contributed by atoms with E-state index in [0.717, 1.165) is 24.9 Å². The zero-order valence-electron chi connectivity index (χ0n) is 15.1. The highest BCUT2D eigenvalue weighted by atomic mass is 16.3. The SMILES string of the molecule is CC(C)[NH+](CC#CC[C@@](O)(c1ccccc1)C1CCCC1)CCO. The topological polar surface area (TPSA) is 44.9 Å². The maximum Gasteiger partial charge on any atom is 0.139 e. The van der Waals surface area contributed by atoms with Crippen LogP contribution < -0.4 is 4.90 Å². The minimum Gasteiger partial charge on any atom is -0.391 e. The van der Waals surface area contributed by atoms with Gasteiger partial charge in [0.1, 0.15) is 18.7 Å². The van der Waals surface area contributed by atoms with E-state index in [0.29, 0.717) is 24.9 Å². The standard InChI is InChI=1S/C21H31NO2/c1-18(2)22(16-17-23)15-9-8-14-21(24,20-12-6-7-13-20)19-10-4-3-5-11-19/h3-5,10-11,18,20,23-24H,6-7,12-17H2,1-2H3/p+1/t21-/m1/s1. The van der Waals surface area contributed by atoms with E-state index in [-0.39, 0.29) is 6.61 Å². The first-order valence-electron chi connectivity index (χ1n) is 9.27. The Bertz CT molecular complexity index is 540. The Balaban J connectivity index is 2.08. The number of benzene rings is 1. The van der Waals surface area contributed by atoms with Crippen molar-refractivity contribution in [2.45, 2.75) is 57.6 Å². The lowest BCUT2D eigenvalue weighted by atomic mass is 9.78. The van der Waals surface area contributed by atoms with Gasteiger partial charge in [-0.3, -0.25) is 0 Å². The van der Waals surface area contributed by atoms with Crippen LogP contribution in [-0.2, 0) is 5.60 Å². The first-order chi connectivity index (χ1) is 11.6. The molecule has 0 spiro atoms. The summed E-state index contributed by atoms with van der Waals surface area (Å²) in [5.41, 5.74) is 0.161. The highest BCUT2D eigenvalue weighted by molar-refractivity contribution is 5.26. The average molecular weight is 330 g/mol. The van der Waals surface area contributed by atoms with Crippen molar-refractivity contribution < 1.29 is 15.1 Å². The second-order valence-electron chi connectivity index (χ2n) is 7.27. The van der Waals surface area contributed by atoms with Crippen molar-refractivity contribution in [2.24, 2.45) is 5.92 Å². The summed E-state index contributed by atoms with van der Waals surface area (Å²) in [6, 6.07) is 10.5. The van der Waals surface area contributed by atoms with E-state index in [2.05, 4.69) is 25.7 Å². The number of nitrogens with one attached hydrogen (secondary N) is 1. The van der Waals surface area contributed by atoms with Gasteiger partial charge >= 0.3 is 0 Å². The van der Waals surface area contributed by atoms with Crippen molar-refractivity contribution in [3.63, 3.8) is 0 Å². The molecule has 3 heteroatoms. The van der Waals surface area contributed by atoms with Crippen LogP contribution in [0.5, 0.6) is 0 Å². The Labute approximate surface area is 146 Å². The molecule has 132 valence electrons. The fourth-order valence-electron chi connectivity index (χ4n) is 3.71. The Morgan fingerprint density at radius 1 is 1.17 bits per heavy atom. The number of quaternary nitrogens is 1. The molecule has 1 saturated carbocycles. The minimum absolute atomic E-state index is 0.186. The van der Waals surface area contributed by atoms with E-state index in [4.69, 9.17) is 5.11 Å². The lowest BCUT2D eigenvalue weighted by Crippen LogP contribution is -3.15. The highest BCUT2D eigenvalue weighted by Crippen LogP contribution is 2.42. The number of rotatable bonds is 7. The second kappa shape index (κ2) is 9.22. The molecule has 3 nitrogen and oxygen atoms in total. The van der Waals surface area contributed by atoms with E-state index < -0.39 is 5.60 Å². The number of aliphatic hydroxyl groups excluding tert-OH is 1. The maximum atomic E-state index is 11.4. The molecular formula is C21H32NO2+. The molecule has 0 saturated heterocycles. The largest absolute Gasteiger partial charge is 0.391 e. The molecular weight excluding hydrogens is 298 g/mol. The molecule has 0 radical (unpaired) electrons. The number of hydrogen-bond donors (Lipinski definition) is 3. The number of aliphatic hydroxyl groups is 2. The van der Waals surface area contributed by atoms with E-state index >= 15 is 0 Å². The lowest BCUT2D eigenvalue weighted by molar-refractivity contribution is -0.914. The third-order valence-electron chi connectivity index (χ3n) is 5.35. The zero-order chi connectivity index (χ0) is 17.4. The van der Waals surface area contributed by atoms with Crippen LogP contribution in [0.1, 0.15) is 51.5 Å². The smallest absolute Gasteiger partial charge is 0.139 e. The molecule has 1 fully saturated rings. The maximum absolute atomic E-state index is 11.4. The zero-order valence-corrected chi connectivity index (χ0v) is 15.1. The van der Waals surface area contributed by atoms with Crippen LogP contribution in [0.15, 0.2) is 30.3 Å². The van der Waals surface area contributed by atoms with Crippen LogP contribution in [0.2, 0.25) is 0 Å². The summed E-state index contributed by atoms with van der Waals surface area (Å²) < 4.78 is 0. The molecule has 1 unspecified atom stereocenters. The molecule has 1 aliphatic carbocycles. The molecule has 0 heterocycles. The van der Waals surface area contributed by atoms with Crippen molar-refractivity contribution in [3.8, 4) is 11.8 Å². The fraction of sp³-hybridized carbons (Fsp3) is 0.619. The van der Waals surface area contributed by atoms with Crippen LogP contribution in [0, 0.1) is 17.8 Å². The summed E-state index contributed by atoms with van der Waals surface area (Å²) >= 11 is 0. The molecule has 0 amide bonds. The first-order valence-corrected chi connectivity index (χ1v) is 9.27. The van der Waals surface area contributed by atoms with Gasteiger partial charge in [-0.1, -0.05) is 49.1 Å². The van der Waals surface area contributed by atoms with Crippen LogP contribution >= 0.6 is 0 Å². The predicted molar refractivity (Wildman–Crippen MR) is 97.6 cm³/mol. The van der Waals surface area contributed by atoms with Crippen molar-refractivity contribution in [3.05, 3.63) is 35.9 Å². The van der Waals surface area contributed by atoms with Gasteiger partial charge in [0.15, 0.2) is 0 Å². The second-order valence-corrected chi connectivity index (χ2v) is 7.27. The highest BCUT2D eigenvalue weighted by Gasteiger charge is 2.39. The first kappa shape index (κ1) is 19.0. The molecule has 0 aromatic heterocycles. The average Bonchev–Trinajstić information content (AvgIpc) is 3.13. The summed E-state index contributed by atoms with van der Waals surface area (Å²) in [7, 11) is 0. The monoisotopic (exact) mass is 330 g/mol. The summed E-state index contributed by atoms with van der Waals surface area (Å²) in [6.07, 6.45) is 5.07. The van der Waals surface area contributed by atoms with E-state index in [9.17, 15) is 5.11 Å². The Hall–Kier alpha value is -1.34. The summed E-state index contributed by atoms with van der Waals surface area (Å²) in [4.78, 5) is 1.29. The van der Waals surface area contributed by atoms with Gasteiger partial charge in [0, 0.05) is 6.42 Å². The molecule has 24 heavy (non-hydrogen) atoms. The van der Waals surface area contributed by atoms with Crippen molar-refractivity contribution in [1.29, 1.82) is 0 Å². The quantitative estimate of drug-likeness (QED) is 0.667. The molecule has 1 aromatic carbocycles. The van der Waals surface area contributed by atoms with Gasteiger partial charge in [0.25, 0.3) is 0 Å². The molecule has 1 aliphatic rings. The molecule has 3 N–H and O–H groups in total. The minimum atomic E-state index is -0.834. The van der Waals surface area contributed by atoms with Gasteiger partial charge in [-0.25, -0.2) is 0 Å². The third kappa shape index (κ3) is 4.83. The Kier molecular flexibility index (Phi) is 7.30. The van der Waals surface area contributed by atoms with Crippen molar-refractivity contribution in [2.75, 3.05) is 19.7 Å². The normalized spacial score (nSPS) is 18.9. The predicted octanol–water partition coefficient (Wildman–Crippen LogP) is 1.74. The van der Waals surface area contributed by atoms with Crippen LogP contribution in [0.25, 0.3) is 0 Å². The molecule has 0 aliphatic heterocycles. The third-order valence-corrected chi connectivity index (χ3v) is 5.35. The van der Waals surface area contributed by atoms with Gasteiger partial charge in [-0.15, -0.1) is 0 Å². The Morgan fingerprint density at radius 2 is 1.83 bits per heavy atom. The van der Waals surface area contributed by atoms with Crippen LogP contribution in [0.3, 0.4) is 0 Å². The summed E-state index contributed by atoms with van der Waals surface area (Å²) in [5, 5.41) is 20.6. The fourth-order valence-corrected chi connectivity index (χ4v) is 3.71. The molecule has 1 aromatic rings. The van der Waals surface area contributed by atoms with Gasteiger partial charge < -0.3 is 15.1 Å². The van der Waals surface area contributed by atoms with Crippen molar-refractivity contribution >= 4 is 0 Å². The molecule has 2 atom stereocenters. The van der Waals surface area contributed by atoms with Gasteiger partial charge in [0.2, 0.25) is 0 Å². The van der Waals surface area contributed by atoms with E-state index in [1.165, 1.54) is 17.7 Å². The van der Waals surface area contributed by atoms with Gasteiger partial charge in [0.05, 0.1) is 12.6 Å².